The number of para-hydroxylation sites is 1. The summed E-state index contributed by atoms with van der Waals surface area (Å²) in [5, 5.41) is 0. The minimum absolute atomic E-state index is 0.0878. The van der Waals surface area contributed by atoms with Gasteiger partial charge in [-0.25, -0.2) is 9.38 Å². The number of aromatic nitrogens is 1. The number of carbonyl (C=O) groups is 1. The summed E-state index contributed by atoms with van der Waals surface area (Å²) in [7, 11) is 0. The molecule has 3 heterocycles. The average molecular weight is 408 g/mol. The number of hydrogen-bond acceptors (Lipinski definition) is 5. The molecule has 0 radical (unpaired) electrons. The Bertz CT molecular complexity index is 1340. The topological polar surface area (TPSA) is 60.7 Å². The summed E-state index contributed by atoms with van der Waals surface area (Å²) in [4.78, 5) is 31.1. The molecule has 0 unspecified atom stereocenters. The SMILES string of the molecule is CC(=O)[C@H]1[C@H]2c3ccccc3O[C@@]1(C)N=c1s/c(=C\c3cccc(F)c3)c(=O)n12. The fourth-order valence-corrected chi connectivity index (χ4v) is 5.40. The van der Waals surface area contributed by atoms with Crippen molar-refractivity contribution in [1.82, 2.24) is 4.57 Å². The highest BCUT2D eigenvalue weighted by Gasteiger charge is 2.53. The molecule has 5 nitrogen and oxygen atoms in total. The van der Waals surface area contributed by atoms with E-state index in [1.807, 2.05) is 24.3 Å². The van der Waals surface area contributed by atoms with Gasteiger partial charge in [-0.15, -0.1) is 0 Å². The molecule has 2 aliphatic heterocycles. The van der Waals surface area contributed by atoms with Crippen LogP contribution in [0.15, 0.2) is 58.3 Å². The van der Waals surface area contributed by atoms with E-state index in [-0.39, 0.29) is 17.2 Å². The Labute approximate surface area is 169 Å². The fraction of sp³-hybridized carbons (Fsp3) is 0.227. The minimum Gasteiger partial charge on any atom is -0.465 e. The predicted octanol–water partition coefficient (Wildman–Crippen LogP) is 2.41. The molecular formula is C22H17FN2O3S. The molecule has 3 aromatic rings. The number of benzene rings is 2. The highest BCUT2D eigenvalue weighted by atomic mass is 32.1. The molecule has 146 valence electrons. The van der Waals surface area contributed by atoms with Crippen molar-refractivity contribution < 1.29 is 13.9 Å². The van der Waals surface area contributed by atoms with Crippen LogP contribution >= 0.6 is 11.3 Å². The second-order valence-corrected chi connectivity index (χ2v) is 8.47. The van der Waals surface area contributed by atoms with Crippen LogP contribution in [0.3, 0.4) is 0 Å². The maximum atomic E-state index is 13.6. The normalized spacial score (nSPS) is 24.9. The lowest BCUT2D eigenvalue weighted by Crippen LogP contribution is -2.58. The summed E-state index contributed by atoms with van der Waals surface area (Å²) >= 11 is 1.22. The van der Waals surface area contributed by atoms with E-state index in [0.717, 1.165) is 5.56 Å². The standard InChI is InChI=1S/C22H17FN2O3S/c1-12(26)18-19-15-8-3-4-9-16(15)28-22(18,2)24-21-25(19)20(27)17(29-21)11-13-6-5-7-14(23)10-13/h3-11,18-19H,1-2H3/b17-11-/t18-,19+,22+/m0/s1. The second kappa shape index (κ2) is 6.22. The monoisotopic (exact) mass is 408 g/mol. The third kappa shape index (κ3) is 2.68. The summed E-state index contributed by atoms with van der Waals surface area (Å²) in [6.07, 6.45) is 1.65. The van der Waals surface area contributed by atoms with Crippen molar-refractivity contribution >= 4 is 23.2 Å². The van der Waals surface area contributed by atoms with E-state index in [9.17, 15) is 14.0 Å². The summed E-state index contributed by atoms with van der Waals surface area (Å²) in [6, 6.07) is 13.0. The van der Waals surface area contributed by atoms with Gasteiger partial charge in [0.25, 0.3) is 5.56 Å². The van der Waals surface area contributed by atoms with E-state index in [1.54, 1.807) is 29.7 Å². The number of ether oxygens (including phenoxy) is 1. The minimum atomic E-state index is -1.09. The number of ketones is 1. The van der Waals surface area contributed by atoms with Crippen LogP contribution in [0.4, 0.5) is 4.39 Å². The number of carbonyl (C=O) groups excluding carboxylic acids is 1. The van der Waals surface area contributed by atoms with Crippen LogP contribution in [-0.4, -0.2) is 16.1 Å². The largest absolute Gasteiger partial charge is 0.465 e. The van der Waals surface area contributed by atoms with Crippen molar-refractivity contribution in [2.75, 3.05) is 0 Å². The van der Waals surface area contributed by atoms with Crippen molar-refractivity contribution in [3.8, 4) is 5.75 Å². The fourth-order valence-electron chi connectivity index (χ4n) is 4.30. The maximum Gasteiger partial charge on any atom is 0.270 e. The molecule has 3 atom stereocenters. The highest BCUT2D eigenvalue weighted by Crippen LogP contribution is 2.47. The van der Waals surface area contributed by atoms with Crippen LogP contribution in [0.1, 0.15) is 31.0 Å². The molecule has 0 saturated heterocycles. The van der Waals surface area contributed by atoms with Crippen LogP contribution in [0.2, 0.25) is 0 Å². The van der Waals surface area contributed by atoms with Gasteiger partial charge < -0.3 is 4.74 Å². The van der Waals surface area contributed by atoms with Gasteiger partial charge in [-0.2, -0.15) is 0 Å². The first-order valence-electron chi connectivity index (χ1n) is 9.24. The predicted molar refractivity (Wildman–Crippen MR) is 107 cm³/mol. The molecule has 29 heavy (non-hydrogen) atoms. The number of rotatable bonds is 2. The Morgan fingerprint density at radius 1 is 1.28 bits per heavy atom. The van der Waals surface area contributed by atoms with Gasteiger partial charge >= 0.3 is 0 Å². The Morgan fingerprint density at radius 2 is 2.07 bits per heavy atom. The smallest absolute Gasteiger partial charge is 0.270 e. The highest BCUT2D eigenvalue weighted by molar-refractivity contribution is 7.07. The number of fused-ring (bicyclic) bond motifs is 6. The van der Waals surface area contributed by atoms with Gasteiger partial charge in [-0.05, 0) is 43.7 Å². The van der Waals surface area contributed by atoms with E-state index in [1.165, 1.54) is 30.4 Å². The van der Waals surface area contributed by atoms with Crippen LogP contribution in [-0.2, 0) is 4.79 Å². The van der Waals surface area contributed by atoms with Gasteiger partial charge in [-0.1, -0.05) is 41.7 Å². The van der Waals surface area contributed by atoms with E-state index >= 15 is 0 Å². The quantitative estimate of drug-likeness (QED) is 0.654. The van der Waals surface area contributed by atoms with Crippen molar-refractivity contribution in [2.45, 2.75) is 25.6 Å². The van der Waals surface area contributed by atoms with Crippen molar-refractivity contribution in [3.63, 3.8) is 0 Å². The molecular weight excluding hydrogens is 391 g/mol. The number of halogens is 1. The molecule has 0 spiro atoms. The number of nitrogens with zero attached hydrogens (tertiary/aromatic N) is 2. The van der Waals surface area contributed by atoms with Crippen LogP contribution < -0.4 is 19.6 Å². The summed E-state index contributed by atoms with van der Waals surface area (Å²) in [6.45, 7) is 3.29. The Morgan fingerprint density at radius 3 is 2.83 bits per heavy atom. The number of thiazole rings is 1. The van der Waals surface area contributed by atoms with Gasteiger partial charge in [0, 0.05) is 5.56 Å². The molecule has 2 bridgehead atoms. The van der Waals surface area contributed by atoms with Gasteiger partial charge in [0.05, 0.1) is 10.6 Å². The molecule has 2 aromatic carbocycles. The zero-order chi connectivity index (χ0) is 20.3. The zero-order valence-electron chi connectivity index (χ0n) is 15.8. The number of hydrogen-bond donors (Lipinski definition) is 0. The van der Waals surface area contributed by atoms with Crippen molar-refractivity contribution in [3.05, 3.63) is 85.2 Å². The lowest BCUT2D eigenvalue weighted by atomic mass is 9.79. The van der Waals surface area contributed by atoms with Crippen molar-refractivity contribution in [1.29, 1.82) is 0 Å². The van der Waals surface area contributed by atoms with Crippen LogP contribution in [0.25, 0.3) is 6.08 Å². The van der Waals surface area contributed by atoms with E-state index in [2.05, 4.69) is 4.99 Å². The van der Waals surface area contributed by atoms with Gasteiger partial charge in [-0.3, -0.25) is 14.2 Å². The Hall–Kier alpha value is -3.06. The molecule has 0 saturated carbocycles. The first kappa shape index (κ1) is 18.0. The van der Waals surface area contributed by atoms with Gasteiger partial charge in [0.1, 0.15) is 23.3 Å². The second-order valence-electron chi connectivity index (χ2n) is 7.46. The Balaban J connectivity index is 1.81. The van der Waals surface area contributed by atoms with E-state index in [0.29, 0.717) is 20.6 Å². The lowest BCUT2D eigenvalue weighted by molar-refractivity contribution is -0.132. The molecule has 2 aliphatic rings. The third-order valence-corrected chi connectivity index (χ3v) is 6.45. The molecule has 1 aromatic heterocycles. The van der Waals surface area contributed by atoms with Crippen molar-refractivity contribution in [2.24, 2.45) is 10.9 Å². The molecule has 0 amide bonds. The Kier molecular flexibility index (Phi) is 3.86. The first-order chi connectivity index (χ1) is 13.9. The average Bonchev–Trinajstić information content (AvgIpc) is 2.94. The zero-order valence-corrected chi connectivity index (χ0v) is 16.6. The molecule has 5 rings (SSSR count). The van der Waals surface area contributed by atoms with E-state index < -0.39 is 17.7 Å². The molecule has 0 fully saturated rings. The lowest BCUT2D eigenvalue weighted by Gasteiger charge is -2.45. The van der Waals surface area contributed by atoms with E-state index in [4.69, 9.17) is 4.74 Å². The van der Waals surface area contributed by atoms with Crippen LogP contribution in [0, 0.1) is 11.7 Å². The van der Waals surface area contributed by atoms with Gasteiger partial charge in [0.15, 0.2) is 4.80 Å². The third-order valence-electron chi connectivity index (χ3n) is 5.46. The summed E-state index contributed by atoms with van der Waals surface area (Å²) in [5.41, 5.74) is 0.0555. The first-order valence-corrected chi connectivity index (χ1v) is 10.1. The molecule has 0 aliphatic carbocycles. The van der Waals surface area contributed by atoms with Gasteiger partial charge in [0.2, 0.25) is 5.72 Å². The maximum absolute atomic E-state index is 13.6. The molecule has 0 N–H and O–H groups in total. The van der Waals surface area contributed by atoms with Crippen LogP contribution in [0.5, 0.6) is 5.75 Å². The number of Topliss-reactive ketones (excluding diaryl/α,β-unsaturated/α-hetero) is 1. The summed E-state index contributed by atoms with van der Waals surface area (Å²) in [5.74, 6) is -0.442. The summed E-state index contributed by atoms with van der Waals surface area (Å²) < 4.78 is 21.7. The molecule has 7 heteroatoms.